The second-order valence-electron chi connectivity index (χ2n) is 3.37. The molecule has 1 heterocycles. The van der Waals surface area contributed by atoms with E-state index in [0.717, 1.165) is 13.1 Å². The Morgan fingerprint density at radius 1 is 1.60 bits per heavy atom. The van der Waals surface area contributed by atoms with Gasteiger partial charge in [0.25, 0.3) is 0 Å². The van der Waals surface area contributed by atoms with E-state index in [-0.39, 0.29) is 5.54 Å². The van der Waals surface area contributed by atoms with E-state index in [1.165, 1.54) is 24.8 Å². The van der Waals surface area contributed by atoms with Gasteiger partial charge in [-0.25, -0.2) is 0 Å². The summed E-state index contributed by atoms with van der Waals surface area (Å²) < 4.78 is 0. The second-order valence-corrected chi connectivity index (χ2v) is 3.37. The fourth-order valence-corrected chi connectivity index (χ4v) is 2.00. The van der Waals surface area contributed by atoms with Crippen molar-refractivity contribution in [1.82, 2.24) is 5.32 Å². The molecule has 0 aromatic heterocycles. The van der Waals surface area contributed by atoms with Crippen molar-refractivity contribution in [2.75, 3.05) is 13.1 Å². The Kier molecular flexibility index (Phi) is 1.32. The maximum atomic E-state index is 6.13. The highest BCUT2D eigenvalue weighted by Gasteiger charge is 2.35. The lowest BCUT2D eigenvalue weighted by atomic mass is 9.91. The van der Waals surface area contributed by atoms with Gasteiger partial charge in [0, 0.05) is 18.6 Å². The number of hydrogen-bond acceptors (Lipinski definition) is 2. The lowest BCUT2D eigenvalue weighted by Crippen LogP contribution is -2.50. The van der Waals surface area contributed by atoms with Gasteiger partial charge in [-0.05, 0) is 19.3 Å². The normalized spacial score (nSPS) is 39.1. The molecule has 2 aliphatic rings. The average Bonchev–Trinajstić information content (AvgIpc) is 2.29. The Morgan fingerprint density at radius 2 is 2.50 bits per heavy atom. The summed E-state index contributed by atoms with van der Waals surface area (Å²) in [5.74, 6) is 0. The minimum atomic E-state index is 0.0399. The molecule has 1 aliphatic heterocycles. The molecule has 1 aliphatic carbocycles. The molecule has 10 heavy (non-hydrogen) atoms. The molecule has 0 aromatic carbocycles. The van der Waals surface area contributed by atoms with Crippen molar-refractivity contribution in [1.29, 1.82) is 0 Å². The topological polar surface area (TPSA) is 38.0 Å². The van der Waals surface area contributed by atoms with E-state index in [9.17, 15) is 0 Å². The molecule has 0 radical (unpaired) electrons. The zero-order chi connectivity index (χ0) is 7.03. The molecular weight excluding hydrogens is 124 g/mol. The summed E-state index contributed by atoms with van der Waals surface area (Å²) in [5.41, 5.74) is 7.67. The predicted molar refractivity (Wildman–Crippen MR) is 41.7 cm³/mol. The van der Waals surface area contributed by atoms with Crippen LogP contribution in [0.3, 0.4) is 0 Å². The lowest BCUT2D eigenvalue weighted by Gasteiger charge is -2.29. The van der Waals surface area contributed by atoms with Crippen LogP contribution in [0.1, 0.15) is 19.3 Å². The molecule has 0 amide bonds. The molecule has 2 heteroatoms. The summed E-state index contributed by atoms with van der Waals surface area (Å²) in [4.78, 5) is 0. The van der Waals surface area contributed by atoms with Gasteiger partial charge in [0.15, 0.2) is 0 Å². The van der Waals surface area contributed by atoms with Crippen LogP contribution in [-0.2, 0) is 0 Å². The van der Waals surface area contributed by atoms with Crippen LogP contribution in [0.25, 0.3) is 0 Å². The van der Waals surface area contributed by atoms with E-state index >= 15 is 0 Å². The third-order valence-electron chi connectivity index (χ3n) is 2.64. The van der Waals surface area contributed by atoms with Gasteiger partial charge in [-0.2, -0.15) is 0 Å². The van der Waals surface area contributed by atoms with Crippen LogP contribution >= 0.6 is 0 Å². The van der Waals surface area contributed by atoms with Gasteiger partial charge in [-0.3, -0.25) is 0 Å². The van der Waals surface area contributed by atoms with Crippen LogP contribution < -0.4 is 11.1 Å². The Balaban J connectivity index is 2.28. The molecule has 56 valence electrons. The number of hydrogen-bond donors (Lipinski definition) is 2. The van der Waals surface area contributed by atoms with Gasteiger partial charge < -0.3 is 11.1 Å². The number of nitrogens with two attached hydrogens (primary N) is 1. The van der Waals surface area contributed by atoms with E-state index in [1.807, 2.05) is 0 Å². The fraction of sp³-hybridized carbons (Fsp3) is 0.750. The summed E-state index contributed by atoms with van der Waals surface area (Å²) in [6.07, 6.45) is 5.95. The zero-order valence-corrected chi connectivity index (χ0v) is 6.19. The molecule has 0 unspecified atom stereocenters. The second kappa shape index (κ2) is 2.07. The molecule has 0 aromatic rings. The SMILES string of the molecule is N[C@@]12CCCC1=CCNC2. The summed E-state index contributed by atoms with van der Waals surface area (Å²) in [5, 5.41) is 3.30. The number of fused-ring (bicyclic) bond motifs is 1. The summed E-state index contributed by atoms with van der Waals surface area (Å²) in [6, 6.07) is 0. The summed E-state index contributed by atoms with van der Waals surface area (Å²) in [6.45, 7) is 2.01. The molecule has 1 saturated carbocycles. The molecule has 2 nitrogen and oxygen atoms in total. The van der Waals surface area contributed by atoms with Crippen LogP contribution in [0.5, 0.6) is 0 Å². The Bertz CT molecular complexity index is 174. The molecule has 0 bridgehead atoms. The largest absolute Gasteiger partial charge is 0.321 e. The highest BCUT2D eigenvalue weighted by atomic mass is 15.0. The Hall–Kier alpha value is -0.340. The van der Waals surface area contributed by atoms with E-state index < -0.39 is 0 Å². The first kappa shape index (κ1) is 6.38. The lowest BCUT2D eigenvalue weighted by molar-refractivity contribution is 0.456. The van der Waals surface area contributed by atoms with Gasteiger partial charge in [-0.15, -0.1) is 0 Å². The summed E-state index contributed by atoms with van der Waals surface area (Å²) in [7, 11) is 0. The first-order valence-corrected chi connectivity index (χ1v) is 4.00. The molecule has 0 saturated heterocycles. The van der Waals surface area contributed by atoms with Crippen molar-refractivity contribution >= 4 is 0 Å². The van der Waals surface area contributed by atoms with Crippen molar-refractivity contribution in [3.63, 3.8) is 0 Å². The van der Waals surface area contributed by atoms with Crippen LogP contribution in [0, 0.1) is 0 Å². The maximum absolute atomic E-state index is 6.13. The van der Waals surface area contributed by atoms with Crippen LogP contribution in [0.4, 0.5) is 0 Å². The highest BCUT2D eigenvalue weighted by molar-refractivity contribution is 5.27. The zero-order valence-electron chi connectivity index (χ0n) is 6.19. The molecule has 0 spiro atoms. The van der Waals surface area contributed by atoms with Crippen molar-refractivity contribution in [3.8, 4) is 0 Å². The first-order valence-electron chi connectivity index (χ1n) is 4.00. The number of nitrogens with one attached hydrogen (secondary N) is 1. The first-order chi connectivity index (χ1) is 4.81. The van der Waals surface area contributed by atoms with E-state index in [0.29, 0.717) is 0 Å². The van der Waals surface area contributed by atoms with Crippen molar-refractivity contribution in [3.05, 3.63) is 11.6 Å². The minimum Gasteiger partial charge on any atom is -0.321 e. The van der Waals surface area contributed by atoms with Gasteiger partial charge in [0.05, 0.1) is 0 Å². The Labute approximate surface area is 61.5 Å². The standard InChI is InChI=1S/C8H14N2/c9-8-4-1-2-7(8)3-5-10-6-8/h3,10H,1-2,4-6,9H2/t8-/m1/s1. The third-order valence-corrected chi connectivity index (χ3v) is 2.64. The minimum absolute atomic E-state index is 0.0399. The van der Waals surface area contributed by atoms with E-state index in [1.54, 1.807) is 0 Å². The van der Waals surface area contributed by atoms with Crippen LogP contribution in [-0.4, -0.2) is 18.6 Å². The van der Waals surface area contributed by atoms with Crippen molar-refractivity contribution in [2.45, 2.75) is 24.8 Å². The van der Waals surface area contributed by atoms with Gasteiger partial charge in [-0.1, -0.05) is 11.6 Å². The van der Waals surface area contributed by atoms with Crippen molar-refractivity contribution in [2.24, 2.45) is 5.73 Å². The van der Waals surface area contributed by atoms with Crippen LogP contribution in [0.15, 0.2) is 11.6 Å². The van der Waals surface area contributed by atoms with Gasteiger partial charge in [0.1, 0.15) is 0 Å². The Morgan fingerprint density at radius 3 is 3.30 bits per heavy atom. The van der Waals surface area contributed by atoms with Crippen molar-refractivity contribution < 1.29 is 0 Å². The third kappa shape index (κ3) is 0.796. The smallest absolute Gasteiger partial charge is 0.0496 e. The molecule has 3 N–H and O–H groups in total. The van der Waals surface area contributed by atoms with Gasteiger partial charge in [0.2, 0.25) is 0 Å². The average molecular weight is 138 g/mol. The molecule has 2 rings (SSSR count). The fourth-order valence-electron chi connectivity index (χ4n) is 2.00. The highest BCUT2D eigenvalue weighted by Crippen LogP contribution is 2.33. The molecular formula is C8H14N2. The van der Waals surface area contributed by atoms with E-state index in [2.05, 4.69) is 11.4 Å². The van der Waals surface area contributed by atoms with Crippen LogP contribution in [0.2, 0.25) is 0 Å². The monoisotopic (exact) mass is 138 g/mol. The molecule has 1 atom stereocenters. The number of rotatable bonds is 0. The maximum Gasteiger partial charge on any atom is 0.0496 e. The van der Waals surface area contributed by atoms with E-state index in [4.69, 9.17) is 5.73 Å². The van der Waals surface area contributed by atoms with Gasteiger partial charge >= 0.3 is 0 Å². The quantitative estimate of drug-likeness (QED) is 0.475. The predicted octanol–water partition coefficient (Wildman–Crippen LogP) is 0.397. The molecule has 1 fully saturated rings. The summed E-state index contributed by atoms with van der Waals surface area (Å²) >= 11 is 0.